The van der Waals surface area contributed by atoms with Gasteiger partial charge < -0.3 is 10.5 Å². The minimum absolute atomic E-state index is 0.102. The molecule has 1 aliphatic heterocycles. The Hall–Kier alpha value is -3.52. The minimum atomic E-state index is -0.844. The van der Waals surface area contributed by atoms with E-state index in [4.69, 9.17) is 0 Å². The molecule has 0 fully saturated rings. The molecule has 3 N–H and O–H groups in total. The first-order chi connectivity index (χ1) is 15.6. The van der Waals surface area contributed by atoms with Crippen LogP contribution in [0.15, 0.2) is 59.8 Å². The van der Waals surface area contributed by atoms with E-state index in [1.807, 2.05) is 43.3 Å². The first-order valence-corrected chi connectivity index (χ1v) is 11.0. The van der Waals surface area contributed by atoms with Crippen LogP contribution in [0, 0.1) is 0 Å². The van der Waals surface area contributed by atoms with Crippen LogP contribution in [0.5, 0.6) is 0 Å². The molecule has 3 aromatic rings. The summed E-state index contributed by atoms with van der Waals surface area (Å²) in [6.07, 6.45) is 3.40. The summed E-state index contributed by atoms with van der Waals surface area (Å²) >= 11 is 0. The molecule has 4 rings (SSSR count). The molecule has 166 valence electrons. The predicted octanol–water partition coefficient (Wildman–Crippen LogP) is 3.81. The van der Waals surface area contributed by atoms with E-state index in [1.165, 1.54) is 0 Å². The van der Waals surface area contributed by atoms with Crippen LogP contribution in [0.2, 0.25) is 0 Å². The molecule has 1 unspecified atom stereocenters. The van der Waals surface area contributed by atoms with Gasteiger partial charge in [-0.05, 0) is 34.7 Å². The Morgan fingerprint density at radius 3 is 2.47 bits per heavy atom. The zero-order valence-corrected chi connectivity index (χ0v) is 18.4. The number of benzene rings is 2. The molecule has 0 radical (unpaired) electrons. The first-order valence-electron chi connectivity index (χ1n) is 11.0. The second-order valence-corrected chi connectivity index (χ2v) is 7.93. The lowest BCUT2D eigenvalue weighted by Gasteiger charge is -2.24. The van der Waals surface area contributed by atoms with Crippen LogP contribution in [0.1, 0.15) is 38.7 Å². The predicted molar refractivity (Wildman–Crippen MR) is 122 cm³/mol. The zero-order chi connectivity index (χ0) is 22.5. The van der Waals surface area contributed by atoms with Gasteiger partial charge in [-0.15, -0.1) is 10.2 Å². The largest absolute Gasteiger partial charge is 0.478 e. The van der Waals surface area contributed by atoms with Crippen molar-refractivity contribution in [3.05, 3.63) is 65.4 Å². The molecule has 1 aliphatic rings. The number of carboxylic acid groups (broad SMARTS) is 1. The Labute approximate surface area is 187 Å². The molecule has 32 heavy (non-hydrogen) atoms. The van der Waals surface area contributed by atoms with Crippen molar-refractivity contribution < 1.29 is 9.90 Å². The van der Waals surface area contributed by atoms with Gasteiger partial charge >= 0.3 is 5.97 Å². The number of carbonyl (C=O) groups is 1. The van der Waals surface area contributed by atoms with Crippen molar-refractivity contribution in [2.24, 2.45) is 0 Å². The van der Waals surface area contributed by atoms with Crippen LogP contribution in [0.3, 0.4) is 0 Å². The molecule has 1 aromatic heterocycles. The fourth-order valence-electron chi connectivity index (χ4n) is 4.25. The Kier molecular flexibility index (Phi) is 6.61. The Balaban J connectivity index is 1.58. The molecule has 0 aliphatic carbocycles. The van der Waals surface area contributed by atoms with Crippen molar-refractivity contribution in [1.82, 2.24) is 31.1 Å². The number of carboxylic acids is 1. The van der Waals surface area contributed by atoms with Gasteiger partial charge in [-0.25, -0.2) is 9.80 Å². The standard InChI is InChI=1S/C24H28N6O2/c1-3-5-14-30-21(4-2)22(24(31)32)20(27-30)15-16-10-12-17(13-11-16)18-8-6-7-9-19(18)23-25-28-29-26-23/h6-13,21,27H,3-5,14-15H2,1-2H3,(H,31,32)(H,25,26,28,29). The van der Waals surface area contributed by atoms with E-state index >= 15 is 0 Å². The molecule has 0 saturated carbocycles. The third-order valence-corrected chi connectivity index (χ3v) is 5.84. The van der Waals surface area contributed by atoms with E-state index < -0.39 is 5.97 Å². The number of unbranched alkanes of at least 4 members (excludes halogenated alkanes) is 1. The number of nitrogens with one attached hydrogen (secondary N) is 2. The second kappa shape index (κ2) is 9.74. The lowest BCUT2D eigenvalue weighted by molar-refractivity contribution is -0.133. The van der Waals surface area contributed by atoms with Gasteiger partial charge in [0.2, 0.25) is 5.82 Å². The molecule has 2 heterocycles. The fraction of sp³-hybridized carbons (Fsp3) is 0.333. The lowest BCUT2D eigenvalue weighted by Crippen LogP contribution is -2.40. The van der Waals surface area contributed by atoms with E-state index in [9.17, 15) is 9.90 Å². The molecule has 0 bridgehead atoms. The number of allylic oxidation sites excluding steroid dienone is 1. The van der Waals surface area contributed by atoms with E-state index in [2.05, 4.69) is 50.1 Å². The number of nitrogens with zero attached hydrogens (tertiary/aromatic N) is 4. The maximum absolute atomic E-state index is 12.0. The number of hydrogen-bond acceptors (Lipinski definition) is 6. The van der Waals surface area contributed by atoms with Crippen molar-refractivity contribution >= 4 is 5.97 Å². The van der Waals surface area contributed by atoms with Crippen molar-refractivity contribution in [3.8, 4) is 22.5 Å². The molecule has 0 amide bonds. The molecule has 0 saturated heterocycles. The van der Waals surface area contributed by atoms with Crippen molar-refractivity contribution in [2.75, 3.05) is 6.54 Å². The normalized spacial score (nSPS) is 16.4. The number of aromatic amines is 1. The number of aromatic nitrogens is 4. The number of tetrazole rings is 1. The van der Waals surface area contributed by atoms with Crippen LogP contribution in [-0.4, -0.2) is 49.3 Å². The SMILES string of the molecule is CCCCN1NC(Cc2ccc(-c3ccccc3-c3nn[nH]n3)cc2)=C(C(=O)O)C1CC. The van der Waals surface area contributed by atoms with Gasteiger partial charge in [0.1, 0.15) is 0 Å². The molecular weight excluding hydrogens is 404 g/mol. The topological polar surface area (TPSA) is 107 Å². The minimum Gasteiger partial charge on any atom is -0.478 e. The Morgan fingerprint density at radius 2 is 1.84 bits per heavy atom. The molecule has 0 spiro atoms. The fourth-order valence-corrected chi connectivity index (χ4v) is 4.25. The van der Waals surface area contributed by atoms with Gasteiger partial charge in [0, 0.05) is 24.2 Å². The van der Waals surface area contributed by atoms with Gasteiger partial charge in [-0.1, -0.05) is 68.8 Å². The van der Waals surface area contributed by atoms with Gasteiger partial charge in [0.15, 0.2) is 0 Å². The molecular formula is C24H28N6O2. The van der Waals surface area contributed by atoms with E-state index in [-0.39, 0.29) is 6.04 Å². The zero-order valence-electron chi connectivity index (χ0n) is 18.4. The van der Waals surface area contributed by atoms with Crippen LogP contribution >= 0.6 is 0 Å². The summed E-state index contributed by atoms with van der Waals surface area (Å²) < 4.78 is 0. The Morgan fingerprint density at radius 1 is 1.09 bits per heavy atom. The number of rotatable bonds is 9. The van der Waals surface area contributed by atoms with Gasteiger partial charge in [0.05, 0.1) is 11.6 Å². The van der Waals surface area contributed by atoms with Gasteiger partial charge in [0.25, 0.3) is 0 Å². The summed E-state index contributed by atoms with van der Waals surface area (Å²) in [5, 5.41) is 26.3. The Bertz CT molecular complexity index is 1090. The van der Waals surface area contributed by atoms with Crippen LogP contribution < -0.4 is 5.43 Å². The van der Waals surface area contributed by atoms with Crippen LogP contribution in [-0.2, 0) is 11.2 Å². The lowest BCUT2D eigenvalue weighted by atomic mass is 9.96. The summed E-state index contributed by atoms with van der Waals surface area (Å²) in [7, 11) is 0. The number of aliphatic carboxylic acids is 1. The summed E-state index contributed by atoms with van der Waals surface area (Å²) in [5.74, 6) is -0.294. The van der Waals surface area contributed by atoms with Gasteiger partial charge in [-0.3, -0.25) is 0 Å². The van der Waals surface area contributed by atoms with Crippen molar-refractivity contribution in [2.45, 2.75) is 45.6 Å². The number of hydrazine groups is 1. The van der Waals surface area contributed by atoms with Crippen molar-refractivity contribution in [3.63, 3.8) is 0 Å². The maximum atomic E-state index is 12.0. The molecule has 8 heteroatoms. The third-order valence-electron chi connectivity index (χ3n) is 5.84. The summed E-state index contributed by atoms with van der Waals surface area (Å²) in [5.41, 5.74) is 8.66. The van der Waals surface area contributed by atoms with Crippen LogP contribution in [0.25, 0.3) is 22.5 Å². The summed E-state index contributed by atoms with van der Waals surface area (Å²) in [4.78, 5) is 12.0. The van der Waals surface area contributed by atoms with E-state index in [1.54, 1.807) is 0 Å². The number of H-pyrrole nitrogens is 1. The van der Waals surface area contributed by atoms with E-state index in [0.29, 0.717) is 17.8 Å². The average Bonchev–Trinajstić information content (AvgIpc) is 3.46. The average molecular weight is 433 g/mol. The molecule has 1 atom stereocenters. The highest BCUT2D eigenvalue weighted by molar-refractivity contribution is 5.89. The van der Waals surface area contributed by atoms with E-state index in [0.717, 1.165) is 53.8 Å². The summed E-state index contributed by atoms with van der Waals surface area (Å²) in [6.45, 7) is 5.01. The van der Waals surface area contributed by atoms with Crippen molar-refractivity contribution in [1.29, 1.82) is 0 Å². The third kappa shape index (κ3) is 4.40. The molecule has 2 aromatic carbocycles. The quantitative estimate of drug-likeness (QED) is 0.472. The van der Waals surface area contributed by atoms with Crippen LogP contribution in [0.4, 0.5) is 0 Å². The highest BCUT2D eigenvalue weighted by atomic mass is 16.4. The second-order valence-electron chi connectivity index (χ2n) is 7.93. The highest BCUT2D eigenvalue weighted by Crippen LogP contribution is 2.31. The smallest absolute Gasteiger partial charge is 0.335 e. The first kappa shape index (κ1) is 21.7. The highest BCUT2D eigenvalue weighted by Gasteiger charge is 2.34. The maximum Gasteiger partial charge on any atom is 0.335 e. The number of hydrogen-bond donors (Lipinski definition) is 3. The monoisotopic (exact) mass is 432 g/mol. The molecule has 8 nitrogen and oxygen atoms in total. The summed E-state index contributed by atoms with van der Waals surface area (Å²) in [6, 6.07) is 16.0. The van der Waals surface area contributed by atoms with Gasteiger partial charge in [-0.2, -0.15) is 5.21 Å².